The molecule has 0 unspecified atom stereocenters. The Morgan fingerprint density at radius 3 is 2.70 bits per heavy atom. The summed E-state index contributed by atoms with van der Waals surface area (Å²) in [6.45, 7) is 4.10. The van der Waals surface area contributed by atoms with E-state index in [9.17, 15) is 9.18 Å². The van der Waals surface area contributed by atoms with Crippen molar-refractivity contribution in [1.29, 1.82) is 0 Å². The van der Waals surface area contributed by atoms with Crippen LogP contribution >= 0.6 is 22.7 Å². The van der Waals surface area contributed by atoms with Crippen molar-refractivity contribution in [2.45, 2.75) is 20.3 Å². The van der Waals surface area contributed by atoms with Crippen molar-refractivity contribution < 1.29 is 9.18 Å². The summed E-state index contributed by atoms with van der Waals surface area (Å²) in [6, 6.07) is 8.07. The third-order valence-electron chi connectivity index (χ3n) is 3.49. The van der Waals surface area contributed by atoms with Crippen LogP contribution in [0.15, 0.2) is 35.7 Å². The molecule has 3 rings (SSSR count). The number of nitrogens with one attached hydrogen (secondary N) is 1. The van der Waals surface area contributed by atoms with Crippen LogP contribution in [-0.2, 0) is 6.42 Å². The maximum absolute atomic E-state index is 13.0. The molecule has 1 amide bonds. The van der Waals surface area contributed by atoms with Crippen molar-refractivity contribution in [1.82, 2.24) is 4.98 Å². The molecule has 0 spiro atoms. The highest BCUT2D eigenvalue weighted by Crippen LogP contribution is 2.27. The van der Waals surface area contributed by atoms with Crippen molar-refractivity contribution in [2.75, 3.05) is 5.32 Å². The maximum atomic E-state index is 13.0. The van der Waals surface area contributed by atoms with E-state index < -0.39 is 0 Å². The Bertz CT molecular complexity index is 837. The van der Waals surface area contributed by atoms with E-state index >= 15 is 0 Å². The Hall–Kier alpha value is -2.05. The molecule has 2 aromatic heterocycles. The predicted molar refractivity (Wildman–Crippen MR) is 93.9 cm³/mol. The molecule has 3 nitrogen and oxygen atoms in total. The molecule has 3 aromatic rings. The molecule has 23 heavy (non-hydrogen) atoms. The summed E-state index contributed by atoms with van der Waals surface area (Å²) in [7, 11) is 0. The molecule has 0 radical (unpaired) electrons. The standard InChI is InChI=1S/C17H15FN2OS2/c1-3-11-8-15(23-10(11)2)16(21)20-17-19-14(9-22-17)12-4-6-13(18)7-5-12/h4-9H,3H2,1-2H3,(H,19,20,21). The number of aromatic nitrogens is 1. The van der Waals surface area contributed by atoms with Gasteiger partial charge in [0.15, 0.2) is 5.13 Å². The Labute approximate surface area is 141 Å². The number of hydrogen-bond donors (Lipinski definition) is 1. The van der Waals surface area contributed by atoms with Gasteiger partial charge in [0.2, 0.25) is 0 Å². The zero-order valence-corrected chi connectivity index (χ0v) is 14.4. The van der Waals surface area contributed by atoms with Gasteiger partial charge < -0.3 is 0 Å². The van der Waals surface area contributed by atoms with E-state index in [1.54, 1.807) is 12.1 Å². The number of nitrogens with zero attached hydrogens (tertiary/aromatic N) is 1. The summed E-state index contributed by atoms with van der Waals surface area (Å²) in [4.78, 5) is 18.6. The fraction of sp³-hybridized carbons (Fsp3) is 0.176. The van der Waals surface area contributed by atoms with Crippen molar-refractivity contribution in [2.24, 2.45) is 0 Å². The highest BCUT2D eigenvalue weighted by Gasteiger charge is 2.14. The van der Waals surface area contributed by atoms with Gasteiger partial charge >= 0.3 is 0 Å². The zero-order valence-electron chi connectivity index (χ0n) is 12.7. The molecule has 1 aromatic carbocycles. The SMILES string of the molecule is CCc1cc(C(=O)Nc2nc(-c3ccc(F)cc3)cs2)sc1C. The second kappa shape index (κ2) is 6.60. The molecule has 6 heteroatoms. The molecule has 0 aliphatic rings. The van der Waals surface area contributed by atoms with Crippen LogP contribution in [-0.4, -0.2) is 10.9 Å². The monoisotopic (exact) mass is 346 g/mol. The van der Waals surface area contributed by atoms with E-state index in [4.69, 9.17) is 0 Å². The van der Waals surface area contributed by atoms with Gasteiger partial charge in [-0.05, 0) is 49.2 Å². The van der Waals surface area contributed by atoms with Crippen LogP contribution in [0.2, 0.25) is 0 Å². The van der Waals surface area contributed by atoms with Gasteiger partial charge in [0.1, 0.15) is 5.82 Å². The van der Waals surface area contributed by atoms with Crippen molar-refractivity contribution in [3.8, 4) is 11.3 Å². The van der Waals surface area contributed by atoms with Crippen LogP contribution < -0.4 is 5.32 Å². The average molecular weight is 346 g/mol. The van der Waals surface area contributed by atoms with E-state index in [2.05, 4.69) is 17.2 Å². The molecule has 118 valence electrons. The van der Waals surface area contributed by atoms with Crippen molar-refractivity contribution in [3.05, 3.63) is 56.8 Å². The van der Waals surface area contributed by atoms with Crippen LogP contribution in [0.25, 0.3) is 11.3 Å². The number of hydrogen-bond acceptors (Lipinski definition) is 4. The first-order valence-electron chi connectivity index (χ1n) is 7.19. The number of thiazole rings is 1. The first-order valence-corrected chi connectivity index (χ1v) is 8.88. The molecular formula is C17H15FN2OS2. The third kappa shape index (κ3) is 3.48. The highest BCUT2D eigenvalue weighted by atomic mass is 32.1. The zero-order chi connectivity index (χ0) is 16.4. The molecule has 0 aliphatic heterocycles. The number of rotatable bonds is 4. The minimum absolute atomic E-state index is 0.141. The van der Waals surface area contributed by atoms with Crippen LogP contribution in [0, 0.1) is 12.7 Å². The van der Waals surface area contributed by atoms with Crippen molar-refractivity contribution in [3.63, 3.8) is 0 Å². The van der Waals surface area contributed by atoms with Crippen LogP contribution in [0.3, 0.4) is 0 Å². The molecular weight excluding hydrogens is 331 g/mol. The number of anilines is 1. The molecule has 0 bridgehead atoms. The number of halogens is 1. The van der Waals surface area contributed by atoms with Gasteiger partial charge in [0, 0.05) is 15.8 Å². The molecule has 2 heterocycles. The number of aryl methyl sites for hydroxylation is 2. The summed E-state index contributed by atoms with van der Waals surface area (Å²) >= 11 is 2.85. The van der Waals surface area contributed by atoms with Gasteiger partial charge in [-0.15, -0.1) is 22.7 Å². The Balaban J connectivity index is 1.75. The number of carbonyl (C=O) groups excluding carboxylic acids is 1. The third-order valence-corrected chi connectivity index (χ3v) is 5.34. The van der Waals surface area contributed by atoms with Gasteiger partial charge in [0.05, 0.1) is 10.6 Å². The fourth-order valence-electron chi connectivity index (χ4n) is 2.23. The lowest BCUT2D eigenvalue weighted by molar-refractivity contribution is 0.103. The smallest absolute Gasteiger partial charge is 0.267 e. The van der Waals surface area contributed by atoms with E-state index in [0.717, 1.165) is 17.7 Å². The van der Waals surface area contributed by atoms with Crippen LogP contribution in [0.1, 0.15) is 27.0 Å². The van der Waals surface area contributed by atoms with E-state index in [0.29, 0.717) is 10.0 Å². The Kier molecular flexibility index (Phi) is 4.54. The quantitative estimate of drug-likeness (QED) is 0.711. The van der Waals surface area contributed by atoms with E-state index in [1.165, 1.54) is 45.2 Å². The molecule has 0 aliphatic carbocycles. The summed E-state index contributed by atoms with van der Waals surface area (Å²) in [6.07, 6.45) is 0.918. The van der Waals surface area contributed by atoms with Crippen LogP contribution in [0.5, 0.6) is 0 Å². The molecule has 0 fully saturated rings. The van der Waals surface area contributed by atoms with Gasteiger partial charge in [0.25, 0.3) is 5.91 Å². The lowest BCUT2D eigenvalue weighted by atomic mass is 10.2. The Morgan fingerprint density at radius 1 is 1.30 bits per heavy atom. The lowest BCUT2D eigenvalue weighted by Gasteiger charge is -1.98. The minimum atomic E-state index is -0.280. The fourth-order valence-corrected chi connectivity index (χ4v) is 3.95. The van der Waals surface area contributed by atoms with Gasteiger partial charge in [-0.3, -0.25) is 10.1 Å². The Morgan fingerprint density at radius 2 is 2.04 bits per heavy atom. The normalized spacial score (nSPS) is 10.7. The van der Waals surface area contributed by atoms with Crippen molar-refractivity contribution >= 4 is 33.7 Å². The first kappa shape index (κ1) is 15.8. The molecule has 0 atom stereocenters. The minimum Gasteiger partial charge on any atom is -0.297 e. The summed E-state index contributed by atoms with van der Waals surface area (Å²) in [5.41, 5.74) is 2.75. The number of amides is 1. The summed E-state index contributed by atoms with van der Waals surface area (Å²) in [5, 5.41) is 5.22. The van der Waals surface area contributed by atoms with E-state index in [1.807, 2.05) is 18.4 Å². The molecule has 0 saturated heterocycles. The highest BCUT2D eigenvalue weighted by molar-refractivity contribution is 7.15. The number of thiophene rings is 1. The van der Waals surface area contributed by atoms with Gasteiger partial charge in [-0.25, -0.2) is 9.37 Å². The lowest BCUT2D eigenvalue weighted by Crippen LogP contribution is -2.09. The van der Waals surface area contributed by atoms with Crippen LogP contribution in [0.4, 0.5) is 9.52 Å². The average Bonchev–Trinajstić information content (AvgIpc) is 3.14. The topological polar surface area (TPSA) is 42.0 Å². The number of carbonyl (C=O) groups is 1. The predicted octanol–water partition coefficient (Wildman–Crippen LogP) is 5.13. The van der Waals surface area contributed by atoms with Gasteiger partial charge in [-0.1, -0.05) is 6.92 Å². The van der Waals surface area contributed by atoms with E-state index in [-0.39, 0.29) is 11.7 Å². The first-order chi connectivity index (χ1) is 11.1. The second-order valence-electron chi connectivity index (χ2n) is 5.04. The van der Waals surface area contributed by atoms with Gasteiger partial charge in [-0.2, -0.15) is 0 Å². The largest absolute Gasteiger partial charge is 0.297 e. The molecule has 0 saturated carbocycles. The number of benzene rings is 1. The summed E-state index contributed by atoms with van der Waals surface area (Å²) < 4.78 is 13.0. The summed E-state index contributed by atoms with van der Waals surface area (Å²) in [5.74, 6) is -0.421. The second-order valence-corrected chi connectivity index (χ2v) is 7.16. The maximum Gasteiger partial charge on any atom is 0.267 e. The molecule has 1 N–H and O–H groups in total.